The number of aryl methyl sites for hydroxylation is 2. The summed E-state index contributed by atoms with van der Waals surface area (Å²) in [5.41, 5.74) is 4.53. The highest BCUT2D eigenvalue weighted by atomic mass is 32.1. The number of nitrogens with one attached hydrogen (secondary N) is 1. The smallest absolute Gasteiger partial charge is 0.251 e. The van der Waals surface area contributed by atoms with E-state index in [1.54, 1.807) is 16.0 Å². The summed E-state index contributed by atoms with van der Waals surface area (Å²) in [4.78, 5) is 17.6. The molecule has 0 saturated carbocycles. The fourth-order valence-corrected chi connectivity index (χ4v) is 4.79. The molecule has 0 spiro atoms. The van der Waals surface area contributed by atoms with Crippen molar-refractivity contribution in [2.24, 2.45) is 7.05 Å². The maximum absolute atomic E-state index is 12.9. The number of hydrogen-bond donors (Lipinski definition) is 1. The average molecular weight is 404 g/mol. The largest absolute Gasteiger partial charge is 0.493 e. The van der Waals surface area contributed by atoms with Gasteiger partial charge in [-0.2, -0.15) is 5.10 Å². The second-order valence-electron chi connectivity index (χ2n) is 7.20. The fraction of sp³-hybridized carbons (Fsp3) is 0.227. The first-order valence-electron chi connectivity index (χ1n) is 9.52. The number of rotatable bonds is 3. The van der Waals surface area contributed by atoms with Gasteiger partial charge in [-0.25, -0.2) is 4.98 Å². The molecular weight excluding hydrogens is 384 g/mol. The van der Waals surface area contributed by atoms with E-state index in [0.717, 1.165) is 44.2 Å². The minimum atomic E-state index is -0.0823. The van der Waals surface area contributed by atoms with Gasteiger partial charge in [-0.05, 0) is 31.2 Å². The Morgan fingerprint density at radius 3 is 2.97 bits per heavy atom. The summed E-state index contributed by atoms with van der Waals surface area (Å²) in [6, 6.07) is 13.5. The number of carbonyl (C=O) groups excluding carboxylic acids is 1. The Morgan fingerprint density at radius 1 is 1.28 bits per heavy atom. The molecule has 0 unspecified atom stereocenters. The molecule has 0 fully saturated rings. The molecule has 4 aromatic rings. The van der Waals surface area contributed by atoms with Crippen LogP contribution in [0.1, 0.15) is 34.1 Å². The van der Waals surface area contributed by atoms with Crippen molar-refractivity contribution < 1.29 is 9.53 Å². The highest BCUT2D eigenvalue weighted by Gasteiger charge is 2.23. The van der Waals surface area contributed by atoms with Crippen LogP contribution in [0, 0.1) is 6.92 Å². The van der Waals surface area contributed by atoms with Crippen molar-refractivity contribution in [1.29, 1.82) is 0 Å². The third-order valence-corrected chi connectivity index (χ3v) is 6.21. The topological polar surface area (TPSA) is 69.0 Å². The van der Waals surface area contributed by atoms with E-state index in [1.807, 2.05) is 62.6 Å². The molecule has 0 saturated heterocycles. The number of fused-ring (bicyclic) bond motifs is 2. The van der Waals surface area contributed by atoms with Crippen LogP contribution in [0.2, 0.25) is 0 Å². The molecule has 0 aliphatic carbocycles. The lowest BCUT2D eigenvalue weighted by atomic mass is 10.00. The van der Waals surface area contributed by atoms with E-state index in [-0.39, 0.29) is 11.9 Å². The third kappa shape index (κ3) is 3.27. The minimum absolute atomic E-state index is 0.0433. The van der Waals surface area contributed by atoms with Crippen molar-refractivity contribution in [2.45, 2.75) is 19.4 Å². The van der Waals surface area contributed by atoms with Crippen molar-refractivity contribution >= 4 is 27.5 Å². The fourth-order valence-electron chi connectivity index (χ4n) is 3.72. The first-order chi connectivity index (χ1) is 14.1. The molecule has 29 heavy (non-hydrogen) atoms. The molecule has 0 radical (unpaired) electrons. The second-order valence-corrected chi connectivity index (χ2v) is 8.24. The predicted molar refractivity (Wildman–Crippen MR) is 113 cm³/mol. The molecule has 1 aliphatic rings. The lowest BCUT2D eigenvalue weighted by Gasteiger charge is -2.26. The summed E-state index contributed by atoms with van der Waals surface area (Å²) in [5.74, 6) is 0.763. The lowest BCUT2D eigenvalue weighted by molar-refractivity contribution is 0.0925. The molecule has 1 N–H and O–H groups in total. The van der Waals surface area contributed by atoms with Gasteiger partial charge in [0, 0.05) is 30.8 Å². The first kappa shape index (κ1) is 17.9. The van der Waals surface area contributed by atoms with Crippen LogP contribution in [0.5, 0.6) is 5.75 Å². The number of aromatic nitrogens is 3. The molecule has 1 aliphatic heterocycles. The highest BCUT2D eigenvalue weighted by Crippen LogP contribution is 2.33. The molecule has 6 nitrogen and oxygen atoms in total. The van der Waals surface area contributed by atoms with Crippen molar-refractivity contribution in [2.75, 3.05) is 6.61 Å². The summed E-state index contributed by atoms with van der Waals surface area (Å²) in [7, 11) is 1.90. The van der Waals surface area contributed by atoms with E-state index in [9.17, 15) is 4.79 Å². The van der Waals surface area contributed by atoms with Crippen LogP contribution in [0.3, 0.4) is 0 Å². The van der Waals surface area contributed by atoms with Crippen molar-refractivity contribution in [3.05, 3.63) is 65.5 Å². The Bertz CT molecular complexity index is 1230. The normalized spacial score (nSPS) is 15.7. The number of hydrogen-bond acceptors (Lipinski definition) is 5. The van der Waals surface area contributed by atoms with E-state index < -0.39 is 0 Å². The average Bonchev–Trinajstić information content (AvgIpc) is 3.29. The number of thiazole rings is 1. The standard InChI is InChI=1S/C22H20N4O2S/c1-13-16(12-26(2)25-13)22-24-18-8-7-14(11-20(18)29-22)21(27)23-17-9-10-28-19-6-4-3-5-15(17)19/h3-8,11-12,17H,9-10H2,1-2H3,(H,23,27)/t17-/m0/s1. The zero-order valence-corrected chi connectivity index (χ0v) is 17.0. The summed E-state index contributed by atoms with van der Waals surface area (Å²) in [5, 5.41) is 8.47. The number of benzene rings is 2. The molecule has 5 rings (SSSR count). The van der Waals surface area contributed by atoms with Gasteiger partial charge in [-0.15, -0.1) is 11.3 Å². The maximum Gasteiger partial charge on any atom is 0.251 e. The van der Waals surface area contributed by atoms with Crippen LogP contribution in [-0.4, -0.2) is 27.3 Å². The van der Waals surface area contributed by atoms with Crippen molar-refractivity contribution in [3.8, 4) is 16.3 Å². The van der Waals surface area contributed by atoms with Crippen LogP contribution < -0.4 is 10.1 Å². The Labute approximate surface area is 172 Å². The van der Waals surface area contributed by atoms with Gasteiger partial charge in [0.25, 0.3) is 5.91 Å². The Morgan fingerprint density at radius 2 is 2.14 bits per heavy atom. The van der Waals surface area contributed by atoms with Gasteiger partial charge in [0.05, 0.1) is 34.1 Å². The molecule has 1 atom stereocenters. The molecular formula is C22H20N4O2S. The van der Waals surface area contributed by atoms with Crippen molar-refractivity contribution in [3.63, 3.8) is 0 Å². The molecule has 146 valence electrons. The van der Waals surface area contributed by atoms with Gasteiger partial charge < -0.3 is 10.1 Å². The van der Waals surface area contributed by atoms with Gasteiger partial charge in [-0.1, -0.05) is 18.2 Å². The van der Waals surface area contributed by atoms with Gasteiger partial charge in [0.2, 0.25) is 0 Å². The van der Waals surface area contributed by atoms with E-state index in [1.165, 1.54) is 0 Å². The summed E-state index contributed by atoms with van der Waals surface area (Å²) in [6.45, 7) is 2.58. The molecule has 7 heteroatoms. The number of amides is 1. The number of para-hydroxylation sites is 1. The minimum Gasteiger partial charge on any atom is -0.493 e. The maximum atomic E-state index is 12.9. The summed E-state index contributed by atoms with van der Waals surface area (Å²) in [6.07, 6.45) is 2.74. The molecule has 1 amide bonds. The molecule has 2 aromatic heterocycles. The van der Waals surface area contributed by atoms with E-state index in [4.69, 9.17) is 9.72 Å². The number of nitrogens with zero attached hydrogens (tertiary/aromatic N) is 3. The zero-order chi connectivity index (χ0) is 20.0. The Hall–Kier alpha value is -3.19. The van der Waals surface area contributed by atoms with Crippen LogP contribution in [0.25, 0.3) is 20.8 Å². The predicted octanol–water partition coefficient (Wildman–Crippen LogP) is 4.26. The van der Waals surface area contributed by atoms with E-state index in [0.29, 0.717) is 12.2 Å². The lowest BCUT2D eigenvalue weighted by Crippen LogP contribution is -2.32. The number of carbonyl (C=O) groups is 1. The Balaban J connectivity index is 1.42. The van der Waals surface area contributed by atoms with Gasteiger partial charge in [-0.3, -0.25) is 9.48 Å². The van der Waals surface area contributed by atoms with Gasteiger partial charge in [0.1, 0.15) is 10.8 Å². The zero-order valence-electron chi connectivity index (χ0n) is 16.2. The van der Waals surface area contributed by atoms with Crippen LogP contribution in [0.15, 0.2) is 48.7 Å². The first-order valence-corrected chi connectivity index (χ1v) is 10.3. The monoisotopic (exact) mass is 404 g/mol. The van der Waals surface area contributed by atoms with Gasteiger partial charge in [0.15, 0.2) is 0 Å². The third-order valence-electron chi connectivity index (χ3n) is 5.16. The summed E-state index contributed by atoms with van der Waals surface area (Å²) >= 11 is 1.58. The number of ether oxygens (including phenoxy) is 1. The molecule has 2 aromatic carbocycles. The Kier molecular flexibility index (Phi) is 4.32. The van der Waals surface area contributed by atoms with Crippen LogP contribution >= 0.6 is 11.3 Å². The molecule has 3 heterocycles. The van der Waals surface area contributed by atoms with E-state index in [2.05, 4.69) is 10.4 Å². The van der Waals surface area contributed by atoms with Crippen LogP contribution in [0.4, 0.5) is 0 Å². The molecule has 0 bridgehead atoms. The highest BCUT2D eigenvalue weighted by molar-refractivity contribution is 7.21. The second kappa shape index (κ2) is 7.00. The van der Waals surface area contributed by atoms with Gasteiger partial charge >= 0.3 is 0 Å². The quantitative estimate of drug-likeness (QED) is 0.554. The SMILES string of the molecule is Cc1nn(C)cc1-c1nc2ccc(C(=O)N[C@H]3CCOc4ccccc43)cc2s1. The van der Waals surface area contributed by atoms with Crippen LogP contribution in [-0.2, 0) is 7.05 Å². The van der Waals surface area contributed by atoms with Crippen molar-refractivity contribution in [1.82, 2.24) is 20.1 Å². The summed E-state index contributed by atoms with van der Waals surface area (Å²) < 4.78 is 8.47. The van der Waals surface area contributed by atoms with E-state index >= 15 is 0 Å².